The van der Waals surface area contributed by atoms with Crippen LogP contribution >= 0.6 is 0 Å². The van der Waals surface area contributed by atoms with E-state index in [1.807, 2.05) is 18.3 Å². The van der Waals surface area contributed by atoms with Crippen LogP contribution in [0.3, 0.4) is 0 Å². The van der Waals surface area contributed by atoms with Gasteiger partial charge in [0.15, 0.2) is 17.0 Å². The Morgan fingerprint density at radius 3 is 2.62 bits per heavy atom. The predicted octanol–water partition coefficient (Wildman–Crippen LogP) is 2.82. The molecule has 0 N–H and O–H groups in total. The van der Waals surface area contributed by atoms with Crippen molar-refractivity contribution in [1.82, 2.24) is 34.3 Å². The van der Waals surface area contributed by atoms with E-state index in [4.69, 9.17) is 29.5 Å². The van der Waals surface area contributed by atoms with Crippen LogP contribution in [0.1, 0.15) is 31.4 Å². The molecule has 1 unspecified atom stereocenters. The van der Waals surface area contributed by atoms with Gasteiger partial charge in [-0.25, -0.2) is 9.67 Å². The van der Waals surface area contributed by atoms with Gasteiger partial charge in [0.1, 0.15) is 5.82 Å². The molecule has 0 saturated carbocycles. The smallest absolute Gasteiger partial charge is 0.254 e. The summed E-state index contributed by atoms with van der Waals surface area (Å²) in [4.78, 5) is 21.4. The molecule has 10 heteroatoms. The van der Waals surface area contributed by atoms with E-state index >= 15 is 0 Å². The Bertz CT molecular complexity index is 1270. The molecule has 0 amide bonds. The first-order chi connectivity index (χ1) is 16.8. The van der Waals surface area contributed by atoms with E-state index in [1.165, 1.54) is 0 Å². The lowest BCUT2D eigenvalue weighted by molar-refractivity contribution is 0.0792. The fourth-order valence-corrected chi connectivity index (χ4v) is 4.74. The number of morpholine rings is 1. The molecule has 2 aliphatic heterocycles. The van der Waals surface area contributed by atoms with E-state index in [-0.39, 0.29) is 0 Å². The van der Waals surface area contributed by atoms with Crippen LogP contribution in [0, 0.1) is 0 Å². The van der Waals surface area contributed by atoms with Gasteiger partial charge in [0, 0.05) is 56.3 Å². The SMILES string of the molecule is CCn1c(-c2ccncc2)nc2c(N3CCOCC3)nc(-n3ccc(C4CCCOC4)n3)nc21. The molecular weight excluding hydrogens is 432 g/mol. The molecule has 0 bridgehead atoms. The summed E-state index contributed by atoms with van der Waals surface area (Å²) in [6, 6.07) is 6.01. The van der Waals surface area contributed by atoms with Gasteiger partial charge >= 0.3 is 0 Å². The Labute approximate surface area is 197 Å². The number of imidazole rings is 1. The zero-order valence-corrected chi connectivity index (χ0v) is 19.3. The molecular formula is C24H28N8O2. The highest BCUT2D eigenvalue weighted by atomic mass is 16.5. The van der Waals surface area contributed by atoms with Gasteiger partial charge in [0.25, 0.3) is 5.95 Å². The standard InChI is InChI=1S/C24H28N8O2/c1-2-31-21(17-5-8-25-9-6-17)26-20-22(30-11-14-33-15-12-30)27-24(28-23(20)31)32-10-7-19(29-32)18-4-3-13-34-16-18/h5-10,18H,2-4,11-16H2,1H3. The molecule has 6 rings (SSSR count). The first kappa shape index (κ1) is 21.2. The number of fused-ring (bicyclic) bond motifs is 1. The average Bonchev–Trinajstić information content (AvgIpc) is 3.55. The van der Waals surface area contributed by atoms with Gasteiger partial charge in [-0.05, 0) is 38.0 Å². The van der Waals surface area contributed by atoms with E-state index in [2.05, 4.69) is 27.4 Å². The predicted molar refractivity (Wildman–Crippen MR) is 127 cm³/mol. The second-order valence-electron chi connectivity index (χ2n) is 8.63. The summed E-state index contributed by atoms with van der Waals surface area (Å²) in [7, 11) is 0. The van der Waals surface area contributed by atoms with E-state index in [0.717, 1.165) is 73.1 Å². The lowest BCUT2D eigenvalue weighted by Crippen LogP contribution is -2.37. The number of aryl methyl sites for hydroxylation is 1. The molecule has 0 aliphatic carbocycles. The average molecular weight is 461 g/mol. The Kier molecular flexibility index (Phi) is 5.68. The number of anilines is 1. The molecule has 2 aliphatic rings. The van der Waals surface area contributed by atoms with Crippen molar-refractivity contribution in [3.63, 3.8) is 0 Å². The Balaban J connectivity index is 1.49. The zero-order chi connectivity index (χ0) is 22.9. The van der Waals surface area contributed by atoms with E-state index in [1.54, 1.807) is 17.1 Å². The molecule has 4 aromatic rings. The lowest BCUT2D eigenvalue weighted by Gasteiger charge is -2.28. The van der Waals surface area contributed by atoms with Gasteiger partial charge < -0.3 is 18.9 Å². The third kappa shape index (κ3) is 3.82. The van der Waals surface area contributed by atoms with Gasteiger partial charge in [0.2, 0.25) is 0 Å². The number of ether oxygens (including phenoxy) is 2. The normalized spacial score (nSPS) is 19.1. The van der Waals surface area contributed by atoms with E-state index < -0.39 is 0 Å². The summed E-state index contributed by atoms with van der Waals surface area (Å²) < 4.78 is 15.2. The summed E-state index contributed by atoms with van der Waals surface area (Å²) >= 11 is 0. The molecule has 2 fully saturated rings. The van der Waals surface area contributed by atoms with Crippen LogP contribution in [0.15, 0.2) is 36.8 Å². The molecule has 176 valence electrons. The van der Waals surface area contributed by atoms with Crippen LogP contribution in [0.4, 0.5) is 5.82 Å². The minimum absolute atomic E-state index is 0.317. The Morgan fingerprint density at radius 1 is 1.00 bits per heavy atom. The van der Waals surface area contributed by atoms with Crippen molar-refractivity contribution >= 4 is 17.0 Å². The maximum atomic E-state index is 5.67. The van der Waals surface area contributed by atoms with E-state index in [0.29, 0.717) is 31.7 Å². The van der Waals surface area contributed by atoms with Crippen molar-refractivity contribution in [2.45, 2.75) is 32.2 Å². The number of hydrogen-bond acceptors (Lipinski definition) is 8. The van der Waals surface area contributed by atoms with Crippen LogP contribution in [0.5, 0.6) is 0 Å². The first-order valence-electron chi connectivity index (χ1n) is 12.0. The van der Waals surface area contributed by atoms with Crippen LogP contribution in [0.2, 0.25) is 0 Å². The molecule has 34 heavy (non-hydrogen) atoms. The van der Waals surface area contributed by atoms with Crippen molar-refractivity contribution in [2.24, 2.45) is 0 Å². The fraction of sp³-hybridized carbons (Fsp3) is 0.458. The molecule has 4 aromatic heterocycles. The summed E-state index contributed by atoms with van der Waals surface area (Å²) in [5.74, 6) is 2.55. The van der Waals surface area contributed by atoms with Crippen molar-refractivity contribution < 1.29 is 9.47 Å². The third-order valence-corrected chi connectivity index (χ3v) is 6.52. The number of hydrogen-bond donors (Lipinski definition) is 0. The number of pyridine rings is 1. The minimum Gasteiger partial charge on any atom is -0.381 e. The van der Waals surface area contributed by atoms with Gasteiger partial charge in [0.05, 0.1) is 25.5 Å². The Morgan fingerprint density at radius 2 is 1.85 bits per heavy atom. The van der Waals surface area contributed by atoms with Gasteiger partial charge in [-0.2, -0.15) is 15.1 Å². The second-order valence-corrected chi connectivity index (χ2v) is 8.63. The van der Waals surface area contributed by atoms with Crippen molar-refractivity contribution in [3.05, 3.63) is 42.5 Å². The quantitative estimate of drug-likeness (QED) is 0.449. The molecule has 0 aromatic carbocycles. The third-order valence-electron chi connectivity index (χ3n) is 6.52. The number of aromatic nitrogens is 7. The van der Waals surface area contributed by atoms with Crippen molar-refractivity contribution in [1.29, 1.82) is 0 Å². The van der Waals surface area contributed by atoms with E-state index in [9.17, 15) is 0 Å². The van der Waals surface area contributed by atoms with Crippen LogP contribution in [0.25, 0.3) is 28.5 Å². The highest BCUT2D eigenvalue weighted by Crippen LogP contribution is 2.31. The summed E-state index contributed by atoms with van der Waals surface area (Å²) in [6.45, 7) is 7.25. The van der Waals surface area contributed by atoms with Crippen LogP contribution < -0.4 is 4.90 Å². The van der Waals surface area contributed by atoms with Crippen molar-refractivity contribution in [3.8, 4) is 17.3 Å². The molecule has 0 spiro atoms. The first-order valence-corrected chi connectivity index (χ1v) is 12.0. The zero-order valence-electron chi connectivity index (χ0n) is 19.3. The van der Waals surface area contributed by atoms with Crippen LogP contribution in [-0.2, 0) is 16.0 Å². The Hall–Kier alpha value is -3.37. The molecule has 0 radical (unpaired) electrons. The second kappa shape index (κ2) is 9.11. The molecule has 2 saturated heterocycles. The van der Waals surface area contributed by atoms with Crippen molar-refractivity contribution in [2.75, 3.05) is 44.4 Å². The summed E-state index contributed by atoms with van der Waals surface area (Å²) in [5, 5.41) is 4.85. The summed E-state index contributed by atoms with van der Waals surface area (Å²) in [6.07, 6.45) is 7.68. The van der Waals surface area contributed by atoms with Gasteiger partial charge in [-0.3, -0.25) is 4.98 Å². The highest BCUT2D eigenvalue weighted by Gasteiger charge is 2.25. The lowest BCUT2D eigenvalue weighted by atomic mass is 9.99. The maximum Gasteiger partial charge on any atom is 0.254 e. The largest absolute Gasteiger partial charge is 0.381 e. The topological polar surface area (TPSA) is 96.0 Å². The highest BCUT2D eigenvalue weighted by molar-refractivity contribution is 5.87. The van der Waals surface area contributed by atoms with Gasteiger partial charge in [-0.1, -0.05) is 0 Å². The summed E-state index contributed by atoms with van der Waals surface area (Å²) in [5.41, 5.74) is 3.63. The fourth-order valence-electron chi connectivity index (χ4n) is 4.74. The maximum absolute atomic E-state index is 5.67. The molecule has 1 atom stereocenters. The number of rotatable bonds is 5. The van der Waals surface area contributed by atoms with Gasteiger partial charge in [-0.15, -0.1) is 0 Å². The number of nitrogens with zero attached hydrogens (tertiary/aromatic N) is 8. The monoisotopic (exact) mass is 460 g/mol. The molecule has 6 heterocycles. The molecule has 10 nitrogen and oxygen atoms in total. The van der Waals surface area contributed by atoms with Crippen LogP contribution in [-0.4, -0.2) is 73.8 Å². The minimum atomic E-state index is 0.317.